The van der Waals surface area contributed by atoms with Crippen molar-refractivity contribution in [2.24, 2.45) is 5.92 Å². The zero-order valence-corrected chi connectivity index (χ0v) is 20.0. The third-order valence-electron chi connectivity index (χ3n) is 6.28. The molecule has 3 heterocycles. The summed E-state index contributed by atoms with van der Waals surface area (Å²) in [4.78, 5) is 24.3. The summed E-state index contributed by atoms with van der Waals surface area (Å²) in [5, 5.41) is 4.06. The van der Waals surface area contributed by atoms with Crippen LogP contribution in [0.25, 0.3) is 11.1 Å². The Bertz CT molecular complexity index is 1150. The summed E-state index contributed by atoms with van der Waals surface area (Å²) in [6, 6.07) is 5.74. The molecule has 33 heavy (non-hydrogen) atoms. The van der Waals surface area contributed by atoms with Gasteiger partial charge in [0.2, 0.25) is 11.6 Å². The first-order valence-corrected chi connectivity index (χ1v) is 11.5. The van der Waals surface area contributed by atoms with E-state index in [1.165, 1.54) is 0 Å². The number of nitrogens with one attached hydrogen (secondary N) is 1. The van der Waals surface area contributed by atoms with Gasteiger partial charge in [0.1, 0.15) is 17.4 Å². The van der Waals surface area contributed by atoms with E-state index in [2.05, 4.69) is 15.2 Å². The van der Waals surface area contributed by atoms with Gasteiger partial charge in [-0.3, -0.25) is 4.79 Å². The van der Waals surface area contributed by atoms with Crippen molar-refractivity contribution in [3.63, 3.8) is 0 Å². The molecule has 1 amide bonds. The maximum Gasteiger partial charge on any atom is 0.231 e. The smallest absolute Gasteiger partial charge is 0.231 e. The minimum absolute atomic E-state index is 0.0172. The number of ether oxygens (including phenoxy) is 2. The van der Waals surface area contributed by atoms with Crippen molar-refractivity contribution in [1.82, 2.24) is 15.3 Å². The lowest BCUT2D eigenvalue weighted by molar-refractivity contribution is -0.125. The topological polar surface area (TPSA) is 89.7 Å². The largest absolute Gasteiger partial charge is 0.493 e. The van der Waals surface area contributed by atoms with Crippen LogP contribution < -0.4 is 19.7 Å². The van der Waals surface area contributed by atoms with E-state index in [0.29, 0.717) is 36.2 Å². The van der Waals surface area contributed by atoms with Crippen LogP contribution in [0.2, 0.25) is 0 Å². The zero-order valence-electron chi connectivity index (χ0n) is 20.0. The van der Waals surface area contributed by atoms with Crippen molar-refractivity contribution in [3.8, 4) is 11.5 Å². The molecule has 0 radical (unpaired) electrons. The Balaban J connectivity index is 1.38. The van der Waals surface area contributed by atoms with Gasteiger partial charge in [0.05, 0.1) is 19.1 Å². The number of carbonyl (C=O) groups excluding carboxylic acids is 1. The van der Waals surface area contributed by atoms with E-state index in [1.54, 1.807) is 7.11 Å². The van der Waals surface area contributed by atoms with Gasteiger partial charge >= 0.3 is 0 Å². The highest BCUT2D eigenvalue weighted by Crippen LogP contribution is 2.33. The van der Waals surface area contributed by atoms with Crippen molar-refractivity contribution in [3.05, 3.63) is 40.9 Å². The van der Waals surface area contributed by atoms with Crippen LogP contribution in [0.1, 0.15) is 42.5 Å². The highest BCUT2D eigenvalue weighted by Gasteiger charge is 2.28. The lowest BCUT2D eigenvalue weighted by Gasteiger charge is -2.32. The molecule has 0 bridgehead atoms. The maximum absolute atomic E-state index is 12.8. The fourth-order valence-corrected chi connectivity index (χ4v) is 4.35. The number of furan rings is 1. The number of rotatable bonds is 7. The van der Waals surface area contributed by atoms with E-state index in [9.17, 15) is 4.79 Å². The van der Waals surface area contributed by atoms with Crippen LogP contribution in [0.4, 0.5) is 5.82 Å². The summed E-state index contributed by atoms with van der Waals surface area (Å²) in [6.07, 6.45) is 1.55. The number of anilines is 1. The summed E-state index contributed by atoms with van der Waals surface area (Å²) in [6.45, 7) is 10.4. The molecule has 1 fully saturated rings. The van der Waals surface area contributed by atoms with Gasteiger partial charge in [-0.15, -0.1) is 0 Å². The summed E-state index contributed by atoms with van der Waals surface area (Å²) in [5.41, 5.74) is 2.69. The molecule has 1 aliphatic heterocycles. The number of fused-ring (bicyclic) bond motifs is 1. The van der Waals surface area contributed by atoms with Crippen molar-refractivity contribution >= 4 is 22.8 Å². The zero-order chi connectivity index (χ0) is 23.5. The lowest BCUT2D eigenvalue weighted by atomic mass is 9.95. The van der Waals surface area contributed by atoms with Gasteiger partial charge in [0.25, 0.3) is 0 Å². The van der Waals surface area contributed by atoms with Crippen LogP contribution >= 0.6 is 0 Å². The molecule has 1 aliphatic rings. The summed E-state index contributed by atoms with van der Waals surface area (Å²) >= 11 is 0. The second kappa shape index (κ2) is 9.68. The Morgan fingerprint density at radius 2 is 1.94 bits per heavy atom. The van der Waals surface area contributed by atoms with Crippen molar-refractivity contribution in [2.45, 2.75) is 47.1 Å². The van der Waals surface area contributed by atoms with E-state index in [1.807, 2.05) is 45.9 Å². The molecule has 0 aliphatic carbocycles. The Kier molecular flexibility index (Phi) is 6.72. The van der Waals surface area contributed by atoms with Crippen molar-refractivity contribution in [2.75, 3.05) is 31.7 Å². The third-order valence-corrected chi connectivity index (χ3v) is 6.28. The number of methoxy groups -OCH3 is 1. The SMILES string of the molecule is CCOc1cc(CNC(=O)C2CCN(c3nc(C)nc4oc(C)c(C)c34)CC2)ccc1OC. The molecular weight excluding hydrogens is 420 g/mol. The molecule has 1 aromatic carbocycles. The summed E-state index contributed by atoms with van der Waals surface area (Å²) in [7, 11) is 1.62. The van der Waals surface area contributed by atoms with Gasteiger partial charge in [-0.2, -0.15) is 4.98 Å². The molecule has 3 aromatic rings. The lowest BCUT2D eigenvalue weighted by Crippen LogP contribution is -2.40. The number of hydrogen-bond acceptors (Lipinski definition) is 7. The number of hydrogen-bond donors (Lipinski definition) is 1. The van der Waals surface area contributed by atoms with E-state index in [-0.39, 0.29) is 11.8 Å². The van der Waals surface area contributed by atoms with E-state index >= 15 is 0 Å². The molecule has 8 heteroatoms. The number of carbonyl (C=O) groups is 1. The van der Waals surface area contributed by atoms with Crippen molar-refractivity contribution < 1.29 is 18.7 Å². The molecular formula is C25H32N4O4. The minimum atomic E-state index is -0.0172. The van der Waals surface area contributed by atoms with Gasteiger partial charge in [0.15, 0.2) is 11.5 Å². The summed E-state index contributed by atoms with van der Waals surface area (Å²) in [5.74, 6) is 3.92. The highest BCUT2D eigenvalue weighted by molar-refractivity contribution is 5.90. The third kappa shape index (κ3) is 4.74. The van der Waals surface area contributed by atoms with E-state index in [4.69, 9.17) is 18.9 Å². The number of amides is 1. The Morgan fingerprint density at radius 3 is 2.64 bits per heavy atom. The van der Waals surface area contributed by atoms with Crippen molar-refractivity contribution in [1.29, 1.82) is 0 Å². The second-order valence-electron chi connectivity index (χ2n) is 8.46. The number of benzene rings is 1. The molecule has 0 spiro atoms. The Labute approximate surface area is 194 Å². The van der Waals surface area contributed by atoms with E-state index in [0.717, 1.165) is 54.0 Å². The molecule has 2 aromatic heterocycles. The number of piperidine rings is 1. The Morgan fingerprint density at radius 1 is 1.18 bits per heavy atom. The molecule has 176 valence electrons. The average Bonchev–Trinajstić information content (AvgIpc) is 3.10. The molecule has 8 nitrogen and oxygen atoms in total. The average molecular weight is 453 g/mol. The quantitative estimate of drug-likeness (QED) is 0.577. The fraction of sp³-hybridized carbons (Fsp3) is 0.480. The molecule has 1 saturated heterocycles. The van der Waals surface area contributed by atoms with Gasteiger partial charge in [0, 0.05) is 31.1 Å². The van der Waals surface area contributed by atoms with Gasteiger partial charge in [-0.1, -0.05) is 6.07 Å². The van der Waals surface area contributed by atoms with Gasteiger partial charge in [-0.05, 0) is 58.2 Å². The number of aryl methyl sites for hydroxylation is 3. The molecule has 0 unspecified atom stereocenters. The number of nitrogens with zero attached hydrogens (tertiary/aromatic N) is 3. The van der Waals surface area contributed by atoms with Crippen LogP contribution in [0.5, 0.6) is 11.5 Å². The van der Waals surface area contributed by atoms with Crippen LogP contribution in [0, 0.1) is 26.7 Å². The molecule has 0 atom stereocenters. The maximum atomic E-state index is 12.8. The highest BCUT2D eigenvalue weighted by atomic mass is 16.5. The fourth-order valence-electron chi connectivity index (χ4n) is 4.35. The van der Waals surface area contributed by atoms with Crippen LogP contribution in [-0.2, 0) is 11.3 Å². The molecule has 0 saturated carbocycles. The first kappa shape index (κ1) is 22.9. The second-order valence-corrected chi connectivity index (χ2v) is 8.46. The first-order chi connectivity index (χ1) is 15.9. The monoisotopic (exact) mass is 452 g/mol. The summed E-state index contributed by atoms with van der Waals surface area (Å²) < 4.78 is 16.8. The predicted molar refractivity (Wildman–Crippen MR) is 127 cm³/mol. The molecule has 1 N–H and O–H groups in total. The van der Waals surface area contributed by atoms with Crippen LogP contribution in [0.3, 0.4) is 0 Å². The van der Waals surface area contributed by atoms with Gasteiger partial charge < -0.3 is 24.1 Å². The predicted octanol–water partition coefficient (Wildman–Crippen LogP) is 4.09. The van der Waals surface area contributed by atoms with Crippen LogP contribution in [0.15, 0.2) is 22.6 Å². The van der Waals surface area contributed by atoms with Gasteiger partial charge in [-0.25, -0.2) is 4.98 Å². The number of aromatic nitrogens is 2. The standard InChI is InChI=1S/C25H32N4O4/c1-6-32-21-13-18(7-8-20(21)31-5)14-26-24(30)19-9-11-29(12-10-19)23-22-15(2)16(3)33-25(22)28-17(4)27-23/h7-8,13,19H,6,9-12,14H2,1-5H3,(H,26,30). The Hall–Kier alpha value is -3.29. The molecule has 4 rings (SSSR count). The first-order valence-electron chi connectivity index (χ1n) is 11.5. The van der Waals surface area contributed by atoms with Crippen LogP contribution in [-0.4, -0.2) is 42.7 Å². The normalized spacial score (nSPS) is 14.5. The minimum Gasteiger partial charge on any atom is -0.493 e. The van der Waals surface area contributed by atoms with E-state index < -0.39 is 0 Å².